The molecule has 0 heterocycles. The number of rotatable bonds is 3. The summed E-state index contributed by atoms with van der Waals surface area (Å²) in [6, 6.07) is 20.7. The maximum atomic E-state index is 4.80. The molecule has 0 aromatic heterocycles. The van der Waals surface area contributed by atoms with E-state index in [0.29, 0.717) is 0 Å². The van der Waals surface area contributed by atoms with Crippen LogP contribution in [0.2, 0.25) is 0 Å². The predicted octanol–water partition coefficient (Wildman–Crippen LogP) is 4.48. The Morgan fingerprint density at radius 3 is 1.46 bits per heavy atom. The van der Waals surface area contributed by atoms with Gasteiger partial charge in [0, 0.05) is 15.0 Å². The minimum Gasteiger partial charge on any atom is -0.511 e. The maximum absolute atomic E-state index is 4.80. The first kappa shape index (κ1) is 26.7. The fraction of sp³-hybridized carbons (Fsp3) is 0.167. The van der Waals surface area contributed by atoms with Crippen LogP contribution in [-0.4, -0.2) is 10.5 Å². The summed E-state index contributed by atoms with van der Waals surface area (Å²) < 4.78 is 5.00. The SMILES string of the molecule is CC(C)OC(=S)[S-].[Au+].[Au+].[CH2-][P+]([CH2-])(c1ccccc1)c1ccccc1. The van der Waals surface area contributed by atoms with Gasteiger partial charge in [-0.25, -0.2) is 0 Å². The first-order chi connectivity index (χ1) is 10.3. The minimum absolute atomic E-state index is 0. The molecular weight excluding hydrogens is 721 g/mol. The van der Waals surface area contributed by atoms with Gasteiger partial charge in [0.2, 0.25) is 0 Å². The summed E-state index contributed by atoms with van der Waals surface area (Å²) in [5.74, 6) is 0. The molecule has 6 heteroatoms. The molecule has 0 saturated carbocycles. The second kappa shape index (κ2) is 13.6. The van der Waals surface area contributed by atoms with Gasteiger partial charge in [0.25, 0.3) is 0 Å². The number of hydrogen-bond donors (Lipinski definition) is 0. The van der Waals surface area contributed by atoms with Gasteiger partial charge in [-0.3, -0.25) is 0 Å². The topological polar surface area (TPSA) is 9.23 Å². The van der Waals surface area contributed by atoms with Gasteiger partial charge in [0.15, 0.2) is 0 Å². The number of thiocarbonyl (C=S) groups is 1. The zero-order chi connectivity index (χ0) is 16.6. The van der Waals surface area contributed by atoms with Gasteiger partial charge in [-0.15, -0.1) is 0 Å². The molecule has 1 nitrogen and oxygen atoms in total. The molecular formula is C18H21Au2OPS2. The van der Waals surface area contributed by atoms with E-state index in [1.807, 2.05) is 50.2 Å². The van der Waals surface area contributed by atoms with E-state index in [4.69, 9.17) is 4.74 Å². The summed E-state index contributed by atoms with van der Waals surface area (Å²) in [5.41, 5.74) is 0. The molecule has 2 rings (SSSR count). The quantitative estimate of drug-likeness (QED) is 0.151. The van der Waals surface area contributed by atoms with E-state index in [9.17, 15) is 0 Å². The van der Waals surface area contributed by atoms with Crippen LogP contribution in [0, 0.1) is 13.3 Å². The fourth-order valence-electron chi connectivity index (χ4n) is 1.77. The second-order valence-electron chi connectivity index (χ2n) is 5.06. The Hall–Kier alpha value is 0.461. The van der Waals surface area contributed by atoms with Crippen LogP contribution < -0.4 is 10.6 Å². The molecule has 0 saturated heterocycles. The molecule has 0 aliphatic carbocycles. The van der Waals surface area contributed by atoms with E-state index < -0.39 is 7.26 Å². The van der Waals surface area contributed by atoms with Crippen LogP contribution in [0.25, 0.3) is 0 Å². The van der Waals surface area contributed by atoms with Gasteiger partial charge in [-0.05, 0) is 38.1 Å². The van der Waals surface area contributed by atoms with Gasteiger partial charge in [0.05, 0.1) is 6.10 Å². The van der Waals surface area contributed by atoms with Crippen LogP contribution in [0.4, 0.5) is 0 Å². The summed E-state index contributed by atoms with van der Waals surface area (Å²) >= 11 is 8.93. The molecule has 0 amide bonds. The Morgan fingerprint density at radius 1 is 0.917 bits per heavy atom. The Balaban J connectivity index is 0. The van der Waals surface area contributed by atoms with Crippen molar-refractivity contribution in [1.82, 2.24) is 0 Å². The van der Waals surface area contributed by atoms with Gasteiger partial charge < -0.3 is 29.6 Å². The van der Waals surface area contributed by atoms with E-state index >= 15 is 0 Å². The third-order valence-corrected chi connectivity index (χ3v) is 5.60. The minimum atomic E-state index is -1.65. The summed E-state index contributed by atoms with van der Waals surface area (Å²) in [7, 11) is -1.65. The van der Waals surface area contributed by atoms with E-state index in [0.717, 1.165) is 0 Å². The van der Waals surface area contributed by atoms with Crippen molar-refractivity contribution in [3.8, 4) is 0 Å². The van der Waals surface area contributed by atoms with Crippen molar-refractivity contribution in [2.24, 2.45) is 0 Å². The summed E-state index contributed by atoms with van der Waals surface area (Å²) in [6.45, 7) is 12.4. The van der Waals surface area contributed by atoms with Gasteiger partial charge >= 0.3 is 44.8 Å². The predicted molar refractivity (Wildman–Crippen MR) is 106 cm³/mol. The Labute approximate surface area is 189 Å². The molecule has 0 aliphatic rings. The normalized spacial score (nSPS) is 9.71. The number of benzene rings is 2. The van der Waals surface area contributed by atoms with Crippen LogP contribution in [0.3, 0.4) is 0 Å². The van der Waals surface area contributed by atoms with E-state index in [1.165, 1.54) is 10.6 Å². The van der Waals surface area contributed by atoms with Crippen molar-refractivity contribution < 1.29 is 49.5 Å². The Morgan fingerprint density at radius 2 is 1.25 bits per heavy atom. The molecule has 0 radical (unpaired) electrons. The molecule has 0 aliphatic heterocycles. The van der Waals surface area contributed by atoms with Crippen molar-refractivity contribution in [3.05, 3.63) is 74.0 Å². The van der Waals surface area contributed by atoms with Crippen LogP contribution in [0.1, 0.15) is 13.8 Å². The largest absolute Gasteiger partial charge is 1.00 e. The van der Waals surface area contributed by atoms with Gasteiger partial charge in [-0.2, -0.15) is 20.6 Å². The molecule has 0 fully saturated rings. The van der Waals surface area contributed by atoms with E-state index in [1.54, 1.807) is 0 Å². The summed E-state index contributed by atoms with van der Waals surface area (Å²) in [6.07, 6.45) is 0.130. The summed E-state index contributed by atoms with van der Waals surface area (Å²) in [5, 5.41) is 2.49. The first-order valence-corrected chi connectivity index (χ1v) is 9.88. The fourth-order valence-corrected chi connectivity index (χ4v) is 3.94. The first-order valence-electron chi connectivity index (χ1n) is 6.90. The van der Waals surface area contributed by atoms with Crippen molar-refractivity contribution in [2.75, 3.05) is 0 Å². The van der Waals surface area contributed by atoms with Crippen molar-refractivity contribution >= 4 is 47.1 Å². The number of hydrogen-bond acceptors (Lipinski definition) is 3. The average Bonchev–Trinajstić information content (AvgIpc) is 2.48. The van der Waals surface area contributed by atoms with Gasteiger partial charge in [0.1, 0.15) is 0 Å². The van der Waals surface area contributed by atoms with Crippen LogP contribution in [0.15, 0.2) is 60.7 Å². The monoisotopic (exact) mass is 742 g/mol. The molecule has 0 spiro atoms. The van der Waals surface area contributed by atoms with Gasteiger partial charge in [-0.1, -0.05) is 36.4 Å². The molecule has 0 N–H and O–H groups in total. The molecule has 2 aromatic rings. The average molecular weight is 742 g/mol. The second-order valence-corrected chi connectivity index (χ2v) is 9.02. The molecule has 0 atom stereocenters. The third-order valence-electron chi connectivity index (χ3n) is 2.83. The van der Waals surface area contributed by atoms with E-state index in [-0.39, 0.29) is 55.2 Å². The Kier molecular flexibility index (Phi) is 15.2. The zero-order valence-electron chi connectivity index (χ0n) is 13.5. The molecule has 2 aromatic carbocycles. The van der Waals surface area contributed by atoms with Crippen LogP contribution in [-0.2, 0) is 62.1 Å². The molecule has 0 unspecified atom stereocenters. The maximum Gasteiger partial charge on any atom is 1.00 e. The molecule has 138 valence electrons. The summed E-state index contributed by atoms with van der Waals surface area (Å²) in [4.78, 5) is 0. The standard InChI is InChI=1S/C14H14P.C4H8OS2.2Au/c1-15(2,13-9-5-3-6-10-13)14-11-7-4-8-12-14;1-3(2)5-4(6)7;;/h3-12H,1-2H2;3H,1-2H3,(H,6,7);;/q-1;;2*+1/p-1. The van der Waals surface area contributed by atoms with Crippen molar-refractivity contribution in [2.45, 2.75) is 20.0 Å². The van der Waals surface area contributed by atoms with Crippen molar-refractivity contribution in [3.63, 3.8) is 0 Å². The van der Waals surface area contributed by atoms with Crippen LogP contribution >= 0.6 is 19.5 Å². The van der Waals surface area contributed by atoms with Crippen molar-refractivity contribution in [1.29, 1.82) is 0 Å². The third kappa shape index (κ3) is 9.82. The number of ether oxygens (including phenoxy) is 1. The van der Waals surface area contributed by atoms with E-state index in [2.05, 4.69) is 62.4 Å². The van der Waals surface area contributed by atoms with Crippen LogP contribution in [0.5, 0.6) is 0 Å². The molecule has 0 bridgehead atoms. The molecule has 24 heavy (non-hydrogen) atoms. The Bertz CT molecular complexity index is 537. The zero-order valence-corrected chi connectivity index (χ0v) is 20.4. The smallest absolute Gasteiger partial charge is 0.511 e.